The number of hydrogen-bond acceptors (Lipinski definition) is 4. The molecule has 2 N–H and O–H groups in total. The smallest absolute Gasteiger partial charge is 0.341 e. The van der Waals surface area contributed by atoms with Crippen molar-refractivity contribution >= 4 is 17.7 Å². The molecule has 2 unspecified atom stereocenters. The van der Waals surface area contributed by atoms with Gasteiger partial charge in [0.2, 0.25) is 0 Å². The molecule has 0 radical (unpaired) electrons. The molecule has 3 rings (SSSR count). The van der Waals surface area contributed by atoms with E-state index in [-0.39, 0.29) is 11.7 Å². The number of urea groups is 1. The standard InChI is InChI=1S/C19H24N2O4/c1-12-16(18(23)25-11-13-5-3-2-4-6-13)17(21-19(24)20-12)14-7-9-15(22)10-8-14/h7-10,13,16-17,22H,2-6,11H2,1H3,(H,21,24). The first-order chi connectivity index (χ1) is 12.0. The maximum atomic E-state index is 12.7. The number of ether oxygens (including phenoxy) is 1. The molecule has 2 amide bonds. The Morgan fingerprint density at radius 2 is 1.92 bits per heavy atom. The summed E-state index contributed by atoms with van der Waals surface area (Å²) in [5.74, 6) is -0.441. The van der Waals surface area contributed by atoms with Crippen LogP contribution in [0.5, 0.6) is 5.75 Å². The van der Waals surface area contributed by atoms with E-state index in [0.29, 0.717) is 18.2 Å². The van der Waals surface area contributed by atoms with Crippen LogP contribution in [0.4, 0.5) is 4.79 Å². The van der Waals surface area contributed by atoms with E-state index < -0.39 is 18.0 Å². The second-order valence-electron chi connectivity index (χ2n) is 6.88. The highest BCUT2D eigenvalue weighted by Crippen LogP contribution is 2.30. The van der Waals surface area contributed by atoms with Gasteiger partial charge in [0.05, 0.1) is 12.6 Å². The first kappa shape index (κ1) is 17.5. The summed E-state index contributed by atoms with van der Waals surface area (Å²) in [5, 5.41) is 12.2. The van der Waals surface area contributed by atoms with E-state index in [1.807, 2.05) is 0 Å². The van der Waals surface area contributed by atoms with Crippen molar-refractivity contribution in [3.63, 3.8) is 0 Å². The number of aliphatic imine (C=N–C) groups is 1. The average molecular weight is 344 g/mol. The molecule has 1 saturated carbocycles. The minimum atomic E-state index is -0.647. The van der Waals surface area contributed by atoms with Crippen LogP contribution in [0.25, 0.3) is 0 Å². The van der Waals surface area contributed by atoms with Gasteiger partial charge in [-0.05, 0) is 43.4 Å². The fraction of sp³-hybridized carbons (Fsp3) is 0.526. The zero-order valence-corrected chi connectivity index (χ0v) is 14.4. The lowest BCUT2D eigenvalue weighted by molar-refractivity contribution is -0.148. The summed E-state index contributed by atoms with van der Waals surface area (Å²) in [6.45, 7) is 2.11. The second-order valence-corrected chi connectivity index (χ2v) is 6.88. The molecule has 25 heavy (non-hydrogen) atoms. The number of esters is 1. The monoisotopic (exact) mass is 344 g/mol. The van der Waals surface area contributed by atoms with Crippen LogP contribution in [0, 0.1) is 11.8 Å². The van der Waals surface area contributed by atoms with Crippen LogP contribution < -0.4 is 5.32 Å². The van der Waals surface area contributed by atoms with Crippen LogP contribution in [0.1, 0.15) is 50.6 Å². The van der Waals surface area contributed by atoms with Crippen molar-refractivity contribution in [1.29, 1.82) is 0 Å². The molecule has 6 nitrogen and oxygen atoms in total. The van der Waals surface area contributed by atoms with Crippen LogP contribution in [-0.2, 0) is 9.53 Å². The zero-order chi connectivity index (χ0) is 17.8. The van der Waals surface area contributed by atoms with Gasteiger partial charge in [-0.15, -0.1) is 0 Å². The molecular weight excluding hydrogens is 320 g/mol. The van der Waals surface area contributed by atoms with Crippen LogP contribution in [0.15, 0.2) is 29.3 Å². The zero-order valence-electron chi connectivity index (χ0n) is 14.4. The molecule has 0 aromatic heterocycles. The Balaban J connectivity index is 1.74. The molecule has 1 aliphatic heterocycles. The quantitative estimate of drug-likeness (QED) is 0.820. The fourth-order valence-corrected chi connectivity index (χ4v) is 3.63. The van der Waals surface area contributed by atoms with Gasteiger partial charge in [0.25, 0.3) is 0 Å². The summed E-state index contributed by atoms with van der Waals surface area (Å²) < 4.78 is 5.58. The summed E-state index contributed by atoms with van der Waals surface area (Å²) in [5.41, 5.74) is 1.19. The Bertz CT molecular complexity index is 663. The van der Waals surface area contributed by atoms with E-state index in [0.717, 1.165) is 18.4 Å². The van der Waals surface area contributed by atoms with Crippen molar-refractivity contribution in [3.05, 3.63) is 29.8 Å². The lowest BCUT2D eigenvalue weighted by atomic mass is 9.88. The Morgan fingerprint density at radius 3 is 2.60 bits per heavy atom. The Morgan fingerprint density at radius 1 is 1.24 bits per heavy atom. The third-order valence-electron chi connectivity index (χ3n) is 5.03. The third kappa shape index (κ3) is 4.18. The molecule has 0 bridgehead atoms. The first-order valence-electron chi connectivity index (χ1n) is 8.86. The highest BCUT2D eigenvalue weighted by Gasteiger charge is 2.38. The van der Waals surface area contributed by atoms with Gasteiger partial charge in [-0.2, -0.15) is 0 Å². The predicted molar refractivity (Wildman–Crippen MR) is 93.5 cm³/mol. The summed E-state index contributed by atoms with van der Waals surface area (Å²) >= 11 is 0. The average Bonchev–Trinajstić information content (AvgIpc) is 2.60. The first-order valence-corrected chi connectivity index (χ1v) is 8.86. The molecule has 0 spiro atoms. The Hall–Kier alpha value is -2.37. The van der Waals surface area contributed by atoms with Crippen molar-refractivity contribution in [2.24, 2.45) is 16.8 Å². The molecule has 1 aliphatic carbocycles. The van der Waals surface area contributed by atoms with Crippen LogP contribution >= 0.6 is 0 Å². The number of carbonyl (C=O) groups excluding carboxylic acids is 2. The number of nitrogens with one attached hydrogen (secondary N) is 1. The highest BCUT2D eigenvalue weighted by atomic mass is 16.5. The topological polar surface area (TPSA) is 88.0 Å². The Kier molecular flexibility index (Phi) is 5.36. The van der Waals surface area contributed by atoms with E-state index in [2.05, 4.69) is 10.3 Å². The van der Waals surface area contributed by atoms with E-state index in [9.17, 15) is 14.7 Å². The number of nitrogens with zero attached hydrogens (tertiary/aromatic N) is 1. The highest BCUT2D eigenvalue weighted by molar-refractivity contribution is 6.08. The molecule has 1 fully saturated rings. The predicted octanol–water partition coefficient (Wildman–Crippen LogP) is 3.36. The lowest BCUT2D eigenvalue weighted by Gasteiger charge is -2.30. The second kappa shape index (κ2) is 7.68. The molecule has 1 aromatic rings. The molecule has 1 heterocycles. The SMILES string of the molecule is CC1=NC(=O)NC(c2ccc(O)cc2)C1C(=O)OCC1CCCCC1. The minimum absolute atomic E-state index is 0.132. The van der Waals surface area contributed by atoms with Crippen molar-refractivity contribution in [3.8, 4) is 5.75 Å². The van der Waals surface area contributed by atoms with Crippen LogP contribution in [0.2, 0.25) is 0 Å². The maximum absolute atomic E-state index is 12.7. The number of benzene rings is 1. The summed E-state index contributed by atoms with van der Waals surface area (Å²) in [7, 11) is 0. The van der Waals surface area contributed by atoms with Gasteiger partial charge < -0.3 is 15.2 Å². The van der Waals surface area contributed by atoms with Crippen molar-refractivity contribution in [1.82, 2.24) is 5.32 Å². The Labute approximate surface area is 147 Å². The van der Waals surface area contributed by atoms with Gasteiger partial charge >= 0.3 is 12.0 Å². The van der Waals surface area contributed by atoms with Gasteiger partial charge in [0.1, 0.15) is 11.7 Å². The number of hydrogen-bond donors (Lipinski definition) is 2. The van der Waals surface area contributed by atoms with Gasteiger partial charge in [-0.3, -0.25) is 4.79 Å². The third-order valence-corrected chi connectivity index (χ3v) is 5.03. The molecular formula is C19H24N2O4. The summed E-state index contributed by atoms with van der Waals surface area (Å²) in [6, 6.07) is 5.46. The van der Waals surface area contributed by atoms with Crippen LogP contribution in [0.3, 0.4) is 0 Å². The number of aromatic hydroxyl groups is 1. The number of phenolic OH excluding ortho intramolecular Hbond substituents is 1. The molecule has 2 atom stereocenters. The summed E-state index contributed by atoms with van der Waals surface area (Å²) in [6.07, 6.45) is 5.84. The normalized spacial score (nSPS) is 24.4. The van der Waals surface area contributed by atoms with E-state index in [1.54, 1.807) is 19.1 Å². The van der Waals surface area contributed by atoms with Gasteiger partial charge in [0.15, 0.2) is 0 Å². The maximum Gasteiger partial charge on any atom is 0.341 e. The van der Waals surface area contributed by atoms with E-state index in [1.165, 1.54) is 31.4 Å². The molecule has 134 valence electrons. The van der Waals surface area contributed by atoms with Gasteiger partial charge in [0, 0.05) is 5.71 Å². The van der Waals surface area contributed by atoms with Crippen molar-refractivity contribution in [2.45, 2.75) is 45.1 Å². The molecule has 0 saturated heterocycles. The van der Waals surface area contributed by atoms with Crippen molar-refractivity contribution in [2.75, 3.05) is 6.61 Å². The lowest BCUT2D eigenvalue weighted by Crippen LogP contribution is -2.44. The van der Waals surface area contributed by atoms with E-state index >= 15 is 0 Å². The summed E-state index contributed by atoms with van der Waals surface area (Å²) in [4.78, 5) is 28.4. The fourth-order valence-electron chi connectivity index (χ4n) is 3.63. The molecule has 6 heteroatoms. The number of rotatable bonds is 4. The number of amides is 2. The molecule has 1 aromatic carbocycles. The molecule has 2 aliphatic rings. The van der Waals surface area contributed by atoms with Crippen LogP contribution in [-0.4, -0.2) is 29.4 Å². The minimum Gasteiger partial charge on any atom is -0.508 e. The van der Waals surface area contributed by atoms with Gasteiger partial charge in [-0.25, -0.2) is 9.79 Å². The largest absolute Gasteiger partial charge is 0.508 e. The van der Waals surface area contributed by atoms with E-state index in [4.69, 9.17) is 4.74 Å². The number of carbonyl (C=O) groups is 2. The van der Waals surface area contributed by atoms with Crippen molar-refractivity contribution < 1.29 is 19.4 Å². The number of phenols is 1. The van der Waals surface area contributed by atoms with Gasteiger partial charge in [-0.1, -0.05) is 31.4 Å².